The number of imide groups is 1. The van der Waals surface area contributed by atoms with Gasteiger partial charge in [-0.3, -0.25) is 24.3 Å². The third-order valence-corrected chi connectivity index (χ3v) is 6.73. The van der Waals surface area contributed by atoms with Crippen LogP contribution in [0.25, 0.3) is 0 Å². The Labute approximate surface area is 188 Å². The molecule has 3 aliphatic rings. The minimum atomic E-state index is -0.119. The van der Waals surface area contributed by atoms with Crippen LogP contribution < -0.4 is 16.2 Å². The quantitative estimate of drug-likeness (QED) is 0.189. The lowest BCUT2D eigenvalue weighted by Crippen LogP contribution is -2.38. The van der Waals surface area contributed by atoms with Crippen molar-refractivity contribution in [3.8, 4) is 0 Å². The summed E-state index contributed by atoms with van der Waals surface area (Å²) in [5.74, 6) is 1.05. The van der Waals surface area contributed by atoms with Crippen LogP contribution in [0.1, 0.15) is 32.6 Å². The molecule has 8 heteroatoms. The monoisotopic (exact) mass is 439 g/mol. The maximum Gasteiger partial charge on any atom is 0.250 e. The normalized spacial score (nSPS) is 26.2. The summed E-state index contributed by atoms with van der Waals surface area (Å²) in [4.78, 5) is 43.2. The molecule has 0 spiro atoms. The molecule has 1 aromatic rings. The topological polar surface area (TPSA) is 95.8 Å². The Morgan fingerprint density at radius 3 is 2.44 bits per heavy atom. The highest BCUT2D eigenvalue weighted by Crippen LogP contribution is 2.52. The first kappa shape index (κ1) is 22.3. The van der Waals surface area contributed by atoms with Crippen LogP contribution in [-0.4, -0.2) is 53.4 Å². The first-order chi connectivity index (χ1) is 15.6. The molecule has 1 saturated carbocycles. The number of hydrogen-bond acceptors (Lipinski definition) is 4. The summed E-state index contributed by atoms with van der Waals surface area (Å²) in [5, 5.41) is 6.54. The number of pyridine rings is 1. The molecule has 8 nitrogen and oxygen atoms in total. The Morgan fingerprint density at radius 1 is 1.00 bits per heavy atom. The van der Waals surface area contributed by atoms with Gasteiger partial charge < -0.3 is 15.2 Å². The van der Waals surface area contributed by atoms with Gasteiger partial charge in [0.15, 0.2) is 5.96 Å². The number of unbranched alkanes of at least 4 members (excludes halogenated alkanes) is 1. The van der Waals surface area contributed by atoms with Gasteiger partial charge in [-0.1, -0.05) is 18.2 Å². The zero-order valence-corrected chi connectivity index (χ0v) is 18.7. The minimum Gasteiger partial charge on any atom is -0.357 e. The van der Waals surface area contributed by atoms with Gasteiger partial charge in [-0.05, 0) is 50.5 Å². The number of likely N-dealkylation sites (tertiary alicyclic amines) is 1. The van der Waals surface area contributed by atoms with Crippen molar-refractivity contribution in [3.63, 3.8) is 0 Å². The van der Waals surface area contributed by atoms with Crippen molar-refractivity contribution in [2.45, 2.75) is 39.2 Å². The molecule has 2 N–H and O–H groups in total. The molecule has 4 unspecified atom stereocenters. The number of amides is 2. The van der Waals surface area contributed by atoms with E-state index in [0.29, 0.717) is 26.1 Å². The van der Waals surface area contributed by atoms with Gasteiger partial charge in [-0.15, -0.1) is 0 Å². The smallest absolute Gasteiger partial charge is 0.250 e. The molecule has 1 saturated heterocycles. The Morgan fingerprint density at radius 2 is 1.75 bits per heavy atom. The molecular formula is C24H33N5O3. The summed E-state index contributed by atoms with van der Waals surface area (Å²) in [5.41, 5.74) is 0.0258. The molecule has 4 atom stereocenters. The Balaban J connectivity index is 1.18. The average Bonchev–Trinajstić information content (AvgIpc) is 3.47. The Kier molecular flexibility index (Phi) is 7.07. The fourth-order valence-corrected chi connectivity index (χ4v) is 5.21. The third kappa shape index (κ3) is 4.64. The molecule has 2 heterocycles. The van der Waals surface area contributed by atoms with E-state index in [2.05, 4.69) is 27.8 Å². The molecule has 4 rings (SSSR count). The molecule has 0 aromatic carbocycles. The highest BCUT2D eigenvalue weighted by molar-refractivity contribution is 6.06. The summed E-state index contributed by atoms with van der Waals surface area (Å²) in [7, 11) is 0. The third-order valence-electron chi connectivity index (χ3n) is 6.73. The van der Waals surface area contributed by atoms with Gasteiger partial charge >= 0.3 is 0 Å². The molecule has 1 aliphatic heterocycles. The van der Waals surface area contributed by atoms with Crippen LogP contribution in [0.2, 0.25) is 0 Å². The van der Waals surface area contributed by atoms with E-state index >= 15 is 0 Å². The van der Waals surface area contributed by atoms with Gasteiger partial charge in [0.25, 0.3) is 0 Å². The number of hydrogen-bond donors (Lipinski definition) is 2. The number of aryl methyl sites for hydroxylation is 1. The molecule has 2 aliphatic carbocycles. The number of fused-ring (bicyclic) bond motifs is 5. The molecule has 0 radical (unpaired) electrons. The van der Waals surface area contributed by atoms with E-state index < -0.39 is 0 Å². The van der Waals surface area contributed by atoms with E-state index in [1.165, 1.54) is 4.90 Å². The van der Waals surface area contributed by atoms with E-state index in [4.69, 9.17) is 0 Å². The first-order valence-corrected chi connectivity index (χ1v) is 11.8. The molecule has 172 valence electrons. The average molecular weight is 440 g/mol. The van der Waals surface area contributed by atoms with Gasteiger partial charge in [0.2, 0.25) is 17.4 Å². The van der Waals surface area contributed by atoms with Gasteiger partial charge in [-0.2, -0.15) is 0 Å². The van der Waals surface area contributed by atoms with Crippen molar-refractivity contribution >= 4 is 17.8 Å². The fourth-order valence-electron chi connectivity index (χ4n) is 5.21. The van der Waals surface area contributed by atoms with Crippen LogP contribution >= 0.6 is 0 Å². The SMILES string of the molecule is CCNC(=NCCCN1C(=O)C2C3C=CC(C3)C2C1=O)NCCCCn1ccccc1=O. The second-order valence-electron chi connectivity index (χ2n) is 8.81. The van der Waals surface area contributed by atoms with Crippen LogP contribution in [0.3, 0.4) is 0 Å². The van der Waals surface area contributed by atoms with Crippen molar-refractivity contribution in [1.82, 2.24) is 20.1 Å². The van der Waals surface area contributed by atoms with E-state index in [1.54, 1.807) is 16.7 Å². The highest BCUT2D eigenvalue weighted by atomic mass is 16.2. The molecule has 32 heavy (non-hydrogen) atoms. The van der Waals surface area contributed by atoms with E-state index in [1.807, 2.05) is 19.2 Å². The zero-order valence-electron chi connectivity index (χ0n) is 18.7. The number of rotatable bonds is 10. The summed E-state index contributed by atoms with van der Waals surface area (Å²) in [6.07, 6.45) is 9.49. The van der Waals surface area contributed by atoms with Crippen LogP contribution in [0.5, 0.6) is 0 Å². The summed E-state index contributed by atoms with van der Waals surface area (Å²) in [6.45, 7) is 5.22. The predicted molar refractivity (Wildman–Crippen MR) is 123 cm³/mol. The van der Waals surface area contributed by atoms with Crippen LogP contribution in [0.4, 0.5) is 0 Å². The van der Waals surface area contributed by atoms with Crippen molar-refractivity contribution in [3.05, 3.63) is 46.9 Å². The second kappa shape index (κ2) is 10.1. The molecule has 1 aromatic heterocycles. The lowest BCUT2D eigenvalue weighted by atomic mass is 9.85. The van der Waals surface area contributed by atoms with Crippen molar-refractivity contribution in [1.29, 1.82) is 0 Å². The van der Waals surface area contributed by atoms with Gasteiger partial charge in [0, 0.05) is 45.0 Å². The summed E-state index contributed by atoms with van der Waals surface area (Å²) in [6, 6.07) is 5.19. The van der Waals surface area contributed by atoms with Crippen LogP contribution in [-0.2, 0) is 16.1 Å². The van der Waals surface area contributed by atoms with E-state index in [-0.39, 0.29) is 41.0 Å². The molecule has 2 bridgehead atoms. The Hall–Kier alpha value is -2.90. The van der Waals surface area contributed by atoms with Gasteiger partial charge in [-0.25, -0.2) is 0 Å². The largest absolute Gasteiger partial charge is 0.357 e. The number of aliphatic imine (C=N–C) groups is 1. The maximum absolute atomic E-state index is 12.7. The summed E-state index contributed by atoms with van der Waals surface area (Å²) < 4.78 is 1.72. The highest BCUT2D eigenvalue weighted by Gasteiger charge is 2.58. The zero-order chi connectivity index (χ0) is 22.5. The number of nitrogens with zero attached hydrogens (tertiary/aromatic N) is 3. The number of guanidine groups is 1. The van der Waals surface area contributed by atoms with Crippen molar-refractivity contribution < 1.29 is 9.59 Å². The first-order valence-electron chi connectivity index (χ1n) is 11.8. The minimum absolute atomic E-state index is 0.0170. The molecular weight excluding hydrogens is 406 g/mol. The lowest BCUT2D eigenvalue weighted by molar-refractivity contribution is -0.140. The van der Waals surface area contributed by atoms with Crippen molar-refractivity contribution in [2.75, 3.05) is 26.2 Å². The number of nitrogens with one attached hydrogen (secondary N) is 2. The molecule has 2 fully saturated rings. The standard InChI is InChI=1S/C24H33N5O3/c1-2-25-24(26-11-4-6-14-28-13-5-3-8-19(28)30)27-12-7-15-29-22(31)20-17-9-10-18(16-17)21(20)23(29)32/h3,5,8-10,13,17-18,20-21H,2,4,6-7,11-12,14-16H2,1H3,(H2,25,26,27). The number of carbonyl (C=O) groups is 2. The lowest BCUT2D eigenvalue weighted by Gasteiger charge is -2.17. The van der Waals surface area contributed by atoms with Gasteiger partial charge in [0.1, 0.15) is 0 Å². The number of carbonyl (C=O) groups excluding carboxylic acids is 2. The van der Waals surface area contributed by atoms with Gasteiger partial charge in [0.05, 0.1) is 11.8 Å². The van der Waals surface area contributed by atoms with Crippen LogP contribution in [0.15, 0.2) is 46.3 Å². The number of allylic oxidation sites excluding steroid dienone is 2. The maximum atomic E-state index is 12.7. The van der Waals surface area contributed by atoms with E-state index in [9.17, 15) is 14.4 Å². The predicted octanol–water partition coefficient (Wildman–Crippen LogP) is 1.38. The van der Waals surface area contributed by atoms with Crippen molar-refractivity contribution in [2.24, 2.45) is 28.7 Å². The number of aromatic nitrogens is 1. The van der Waals surface area contributed by atoms with Crippen LogP contribution in [0, 0.1) is 23.7 Å². The van der Waals surface area contributed by atoms with E-state index in [0.717, 1.165) is 38.3 Å². The fraction of sp³-hybridized carbons (Fsp3) is 0.583. The second-order valence-corrected chi connectivity index (χ2v) is 8.81. The summed E-state index contributed by atoms with van der Waals surface area (Å²) >= 11 is 0. The Bertz CT molecular complexity index is 923. The molecule has 2 amide bonds.